The highest BCUT2D eigenvalue weighted by Gasteiger charge is 2.25. The van der Waals surface area contributed by atoms with E-state index in [4.69, 9.17) is 0 Å². The molecule has 0 saturated heterocycles. The quantitative estimate of drug-likeness (QED) is 0.831. The third kappa shape index (κ3) is 2.84. The molecule has 1 aromatic carbocycles. The fraction of sp³-hybridized carbons (Fsp3) is 0.500. The monoisotopic (exact) mass is 319 g/mol. The minimum Gasteiger partial charge on any atom is -0.369 e. The minimum atomic E-state index is -2.51. The highest BCUT2D eigenvalue weighted by Crippen LogP contribution is 2.39. The fourth-order valence-electron chi connectivity index (χ4n) is 3.31. The molecule has 1 aliphatic heterocycles. The molecule has 3 nitrogen and oxygen atoms in total. The lowest BCUT2D eigenvalue weighted by molar-refractivity contribution is 0.152. The summed E-state index contributed by atoms with van der Waals surface area (Å²) in [6.07, 6.45) is -0.519. The SMILES string of the molecule is Cc1cc(-c2cc3c(cc2C(F)F)N(C(C)C)CCC3)nn1C. The zero-order chi connectivity index (χ0) is 16.7. The van der Waals surface area contributed by atoms with Crippen molar-refractivity contribution in [3.63, 3.8) is 0 Å². The third-order valence-electron chi connectivity index (χ3n) is 4.65. The molecule has 23 heavy (non-hydrogen) atoms. The second-order valence-electron chi connectivity index (χ2n) is 6.55. The Morgan fingerprint density at radius 3 is 2.48 bits per heavy atom. The van der Waals surface area contributed by atoms with E-state index in [-0.39, 0.29) is 5.56 Å². The molecule has 2 aromatic rings. The van der Waals surface area contributed by atoms with E-state index in [1.165, 1.54) is 0 Å². The molecule has 0 N–H and O–H groups in total. The van der Waals surface area contributed by atoms with Crippen LogP contribution < -0.4 is 4.90 Å². The predicted octanol–water partition coefficient (Wildman–Crippen LogP) is 4.49. The number of anilines is 1. The number of alkyl halides is 2. The van der Waals surface area contributed by atoms with E-state index < -0.39 is 6.43 Å². The van der Waals surface area contributed by atoms with Crippen molar-refractivity contribution in [1.82, 2.24) is 9.78 Å². The number of rotatable bonds is 3. The first-order valence-corrected chi connectivity index (χ1v) is 8.11. The van der Waals surface area contributed by atoms with E-state index in [1.807, 2.05) is 26.1 Å². The van der Waals surface area contributed by atoms with Gasteiger partial charge in [-0.1, -0.05) is 0 Å². The van der Waals surface area contributed by atoms with Crippen LogP contribution in [0.1, 0.15) is 43.5 Å². The maximum absolute atomic E-state index is 13.7. The Kier molecular flexibility index (Phi) is 4.13. The van der Waals surface area contributed by atoms with Crippen LogP contribution in [0.25, 0.3) is 11.3 Å². The van der Waals surface area contributed by atoms with Gasteiger partial charge in [0.2, 0.25) is 0 Å². The second kappa shape index (κ2) is 5.95. The first-order valence-electron chi connectivity index (χ1n) is 8.11. The molecule has 124 valence electrons. The fourth-order valence-corrected chi connectivity index (χ4v) is 3.31. The molecule has 0 spiro atoms. The highest BCUT2D eigenvalue weighted by atomic mass is 19.3. The molecule has 0 unspecified atom stereocenters. The Hall–Kier alpha value is -1.91. The summed E-state index contributed by atoms with van der Waals surface area (Å²) in [5, 5.41) is 4.40. The van der Waals surface area contributed by atoms with Crippen LogP contribution in [0.3, 0.4) is 0 Å². The first kappa shape index (κ1) is 16.0. The first-order chi connectivity index (χ1) is 10.9. The van der Waals surface area contributed by atoms with Crippen LogP contribution in [0, 0.1) is 6.92 Å². The average molecular weight is 319 g/mol. The van der Waals surface area contributed by atoms with Crippen molar-refractivity contribution in [2.45, 2.75) is 46.1 Å². The van der Waals surface area contributed by atoms with Gasteiger partial charge in [-0.15, -0.1) is 0 Å². The molecule has 0 bridgehead atoms. The van der Waals surface area contributed by atoms with Crippen LogP contribution in [-0.4, -0.2) is 22.4 Å². The van der Waals surface area contributed by atoms with E-state index in [0.29, 0.717) is 17.3 Å². The van der Waals surface area contributed by atoms with Gasteiger partial charge in [0.15, 0.2) is 0 Å². The Morgan fingerprint density at radius 2 is 1.91 bits per heavy atom. The van der Waals surface area contributed by atoms with Crippen LogP contribution >= 0.6 is 0 Å². The maximum Gasteiger partial charge on any atom is 0.264 e. The van der Waals surface area contributed by atoms with Gasteiger partial charge in [0.1, 0.15) is 0 Å². The van der Waals surface area contributed by atoms with Gasteiger partial charge in [0.05, 0.1) is 5.69 Å². The summed E-state index contributed by atoms with van der Waals surface area (Å²) in [5.41, 5.74) is 4.33. The molecule has 3 rings (SSSR count). The van der Waals surface area contributed by atoms with Crippen molar-refractivity contribution >= 4 is 5.69 Å². The van der Waals surface area contributed by atoms with Gasteiger partial charge in [-0.2, -0.15) is 5.10 Å². The average Bonchev–Trinajstić information content (AvgIpc) is 2.84. The number of fused-ring (bicyclic) bond motifs is 1. The Labute approximate surface area is 135 Å². The summed E-state index contributed by atoms with van der Waals surface area (Å²) in [6, 6.07) is 5.78. The van der Waals surface area contributed by atoms with Crippen molar-refractivity contribution < 1.29 is 8.78 Å². The number of nitrogens with zero attached hydrogens (tertiary/aromatic N) is 3. The molecule has 0 fully saturated rings. The minimum absolute atomic E-state index is 0.0781. The summed E-state index contributed by atoms with van der Waals surface area (Å²) >= 11 is 0. The number of aromatic nitrogens is 2. The number of halogens is 2. The van der Waals surface area contributed by atoms with E-state index in [2.05, 4.69) is 23.8 Å². The van der Waals surface area contributed by atoms with Gasteiger partial charge in [-0.05, 0) is 57.4 Å². The summed E-state index contributed by atoms with van der Waals surface area (Å²) < 4.78 is 29.1. The third-order valence-corrected chi connectivity index (χ3v) is 4.65. The molecule has 0 atom stereocenters. The highest BCUT2D eigenvalue weighted by molar-refractivity contribution is 5.72. The molecule has 1 aliphatic rings. The van der Waals surface area contributed by atoms with Crippen LogP contribution in [0.2, 0.25) is 0 Å². The van der Waals surface area contributed by atoms with Crippen LogP contribution in [0.5, 0.6) is 0 Å². The van der Waals surface area contributed by atoms with Crippen LogP contribution in [-0.2, 0) is 13.5 Å². The van der Waals surface area contributed by atoms with Crippen LogP contribution in [0.15, 0.2) is 18.2 Å². The molecule has 0 amide bonds. The van der Waals surface area contributed by atoms with Gasteiger partial charge < -0.3 is 4.90 Å². The standard InChI is InChI=1S/C18H23F2N3/c1-11(2)23-7-5-6-13-9-14(15(18(19)20)10-17(13)23)16-8-12(3)22(4)21-16/h8-11,18H,5-7H2,1-4H3. The molecule has 1 aromatic heterocycles. The van der Waals surface area contributed by atoms with E-state index >= 15 is 0 Å². The Bertz CT molecular complexity index is 700. The van der Waals surface area contributed by atoms with Gasteiger partial charge in [-0.25, -0.2) is 8.78 Å². The van der Waals surface area contributed by atoms with Crippen molar-refractivity contribution in [2.24, 2.45) is 7.05 Å². The zero-order valence-corrected chi connectivity index (χ0v) is 14.1. The Morgan fingerprint density at radius 1 is 1.17 bits per heavy atom. The van der Waals surface area contributed by atoms with Crippen molar-refractivity contribution in [3.8, 4) is 11.3 Å². The van der Waals surface area contributed by atoms with Gasteiger partial charge in [-0.3, -0.25) is 4.68 Å². The maximum atomic E-state index is 13.7. The van der Waals surface area contributed by atoms with E-state index in [9.17, 15) is 8.78 Å². The topological polar surface area (TPSA) is 21.1 Å². The molecular formula is C18H23F2N3. The lowest BCUT2D eigenvalue weighted by Crippen LogP contribution is -2.35. The number of benzene rings is 1. The van der Waals surface area contributed by atoms with Gasteiger partial charge in [0, 0.05) is 42.1 Å². The smallest absolute Gasteiger partial charge is 0.264 e. The normalized spacial score (nSPS) is 14.7. The summed E-state index contributed by atoms with van der Waals surface area (Å²) in [7, 11) is 1.83. The predicted molar refractivity (Wildman–Crippen MR) is 89.1 cm³/mol. The summed E-state index contributed by atoms with van der Waals surface area (Å²) in [4.78, 5) is 2.22. The zero-order valence-electron chi connectivity index (χ0n) is 14.1. The number of hydrogen-bond acceptors (Lipinski definition) is 2. The van der Waals surface area contributed by atoms with Gasteiger partial charge in [0.25, 0.3) is 6.43 Å². The Balaban J connectivity index is 2.17. The van der Waals surface area contributed by atoms with E-state index in [0.717, 1.165) is 36.3 Å². The van der Waals surface area contributed by atoms with Crippen molar-refractivity contribution in [2.75, 3.05) is 11.4 Å². The molecule has 0 radical (unpaired) electrons. The number of aryl methyl sites for hydroxylation is 3. The summed E-state index contributed by atoms with van der Waals surface area (Å²) in [5.74, 6) is 0. The van der Waals surface area contributed by atoms with Crippen LogP contribution in [0.4, 0.5) is 14.5 Å². The largest absolute Gasteiger partial charge is 0.369 e. The van der Waals surface area contributed by atoms with Gasteiger partial charge >= 0.3 is 0 Å². The number of hydrogen-bond donors (Lipinski definition) is 0. The van der Waals surface area contributed by atoms with E-state index in [1.54, 1.807) is 10.7 Å². The van der Waals surface area contributed by atoms with Crippen molar-refractivity contribution in [1.29, 1.82) is 0 Å². The molecule has 0 saturated carbocycles. The molecule has 2 heterocycles. The molecular weight excluding hydrogens is 296 g/mol. The summed E-state index contributed by atoms with van der Waals surface area (Å²) in [6.45, 7) is 7.06. The lowest BCUT2D eigenvalue weighted by atomic mass is 9.93. The molecule has 0 aliphatic carbocycles. The lowest BCUT2D eigenvalue weighted by Gasteiger charge is -2.35. The van der Waals surface area contributed by atoms with Crippen molar-refractivity contribution in [3.05, 3.63) is 35.0 Å². The molecule has 5 heteroatoms. The second-order valence-corrected chi connectivity index (χ2v) is 6.55.